The number of ether oxygens (including phenoxy) is 2. The Hall–Kier alpha value is -2.83. The van der Waals surface area contributed by atoms with E-state index in [4.69, 9.17) is 21.1 Å². The van der Waals surface area contributed by atoms with Crippen molar-refractivity contribution >= 4 is 23.2 Å². The van der Waals surface area contributed by atoms with E-state index in [-0.39, 0.29) is 0 Å². The molecule has 3 aromatic rings. The zero-order valence-electron chi connectivity index (χ0n) is 16.7. The third-order valence-electron chi connectivity index (χ3n) is 4.98. The van der Waals surface area contributed by atoms with Gasteiger partial charge in [-0.15, -0.1) is 0 Å². The van der Waals surface area contributed by atoms with Crippen LogP contribution in [0, 0.1) is 6.92 Å². The van der Waals surface area contributed by atoms with Crippen LogP contribution in [0.2, 0.25) is 5.02 Å². The number of anilines is 2. The van der Waals surface area contributed by atoms with Crippen LogP contribution in [0.25, 0.3) is 0 Å². The van der Waals surface area contributed by atoms with E-state index in [1.54, 1.807) is 7.11 Å². The van der Waals surface area contributed by atoms with Crippen molar-refractivity contribution in [1.82, 2.24) is 14.9 Å². The van der Waals surface area contributed by atoms with Crippen LogP contribution in [0.15, 0.2) is 42.6 Å². The summed E-state index contributed by atoms with van der Waals surface area (Å²) in [4.78, 5) is 11.1. The Morgan fingerprint density at radius 3 is 2.76 bits per heavy atom. The Labute approximate surface area is 175 Å². The number of aromatic nitrogens is 2. The van der Waals surface area contributed by atoms with Crippen LogP contribution in [-0.2, 0) is 13.0 Å². The van der Waals surface area contributed by atoms with Crippen LogP contribution in [0.3, 0.4) is 0 Å². The lowest BCUT2D eigenvalue weighted by molar-refractivity contribution is 0.312. The van der Waals surface area contributed by atoms with E-state index in [0.29, 0.717) is 22.6 Å². The highest BCUT2D eigenvalue weighted by molar-refractivity contribution is 6.31. The Bertz CT molecular complexity index is 1040. The third-order valence-corrected chi connectivity index (χ3v) is 5.24. The van der Waals surface area contributed by atoms with Crippen molar-refractivity contribution in [3.63, 3.8) is 0 Å². The Morgan fingerprint density at radius 1 is 1.14 bits per heavy atom. The molecule has 4 rings (SSSR count). The number of aryl methyl sites for hydroxylation is 1. The number of para-hydroxylation sites is 1. The maximum atomic E-state index is 6.26. The summed E-state index contributed by atoms with van der Waals surface area (Å²) in [7, 11) is 3.79. The number of rotatable bonds is 5. The van der Waals surface area contributed by atoms with Gasteiger partial charge < -0.3 is 19.7 Å². The summed E-state index contributed by atoms with van der Waals surface area (Å²) < 4.78 is 11.5. The minimum atomic E-state index is 0.301. The topological polar surface area (TPSA) is 59.5 Å². The van der Waals surface area contributed by atoms with Crippen molar-refractivity contribution in [3.05, 3.63) is 64.3 Å². The second-order valence-corrected chi connectivity index (χ2v) is 7.56. The predicted octanol–water partition coefficient (Wildman–Crippen LogP) is 4.97. The lowest BCUT2D eigenvalue weighted by Crippen LogP contribution is -2.26. The van der Waals surface area contributed by atoms with E-state index in [9.17, 15) is 0 Å². The first-order chi connectivity index (χ1) is 14.0. The molecule has 0 amide bonds. The van der Waals surface area contributed by atoms with Crippen molar-refractivity contribution in [1.29, 1.82) is 0 Å². The number of halogens is 1. The standard InChI is InChI=1S/C22H23ClN4O2/c1-14-6-4-5-7-19(14)29-21-17(23)12-24-22(26-21)25-18-10-16-13-27(2)9-8-15(16)11-20(18)28-3/h4-7,10-12H,8-9,13H2,1-3H3,(H,24,25,26). The van der Waals surface area contributed by atoms with E-state index >= 15 is 0 Å². The molecular weight excluding hydrogens is 388 g/mol. The van der Waals surface area contributed by atoms with Crippen LogP contribution in [0.5, 0.6) is 17.4 Å². The highest BCUT2D eigenvalue weighted by Gasteiger charge is 2.18. The molecule has 0 saturated heterocycles. The van der Waals surface area contributed by atoms with E-state index in [0.717, 1.165) is 36.5 Å². The molecule has 150 valence electrons. The molecule has 1 aliphatic rings. The molecule has 0 radical (unpaired) electrons. The maximum Gasteiger partial charge on any atom is 0.243 e. The largest absolute Gasteiger partial charge is 0.495 e. The van der Waals surface area contributed by atoms with Crippen LogP contribution in [-0.4, -0.2) is 35.6 Å². The number of hydrogen-bond donors (Lipinski definition) is 1. The summed E-state index contributed by atoms with van der Waals surface area (Å²) in [5, 5.41) is 3.60. The van der Waals surface area contributed by atoms with Crippen LogP contribution in [0.1, 0.15) is 16.7 Å². The molecule has 29 heavy (non-hydrogen) atoms. The van der Waals surface area contributed by atoms with Crippen LogP contribution >= 0.6 is 11.6 Å². The molecule has 7 heteroatoms. The fourth-order valence-electron chi connectivity index (χ4n) is 3.37. The zero-order valence-corrected chi connectivity index (χ0v) is 17.5. The zero-order chi connectivity index (χ0) is 20.4. The quantitative estimate of drug-likeness (QED) is 0.640. The van der Waals surface area contributed by atoms with Gasteiger partial charge in [-0.05, 0) is 55.3 Å². The minimum absolute atomic E-state index is 0.301. The van der Waals surface area contributed by atoms with Gasteiger partial charge in [-0.1, -0.05) is 29.8 Å². The van der Waals surface area contributed by atoms with Crippen LogP contribution in [0.4, 0.5) is 11.6 Å². The Morgan fingerprint density at radius 2 is 1.97 bits per heavy atom. The SMILES string of the molecule is COc1cc2c(cc1Nc1ncc(Cl)c(Oc3ccccc3C)n1)CN(C)CC2. The van der Waals surface area contributed by atoms with Crippen molar-refractivity contribution in [2.24, 2.45) is 0 Å². The highest BCUT2D eigenvalue weighted by atomic mass is 35.5. The molecule has 0 spiro atoms. The lowest BCUT2D eigenvalue weighted by atomic mass is 9.99. The van der Waals surface area contributed by atoms with Gasteiger partial charge >= 0.3 is 0 Å². The fourth-order valence-corrected chi connectivity index (χ4v) is 3.50. The number of nitrogens with zero attached hydrogens (tertiary/aromatic N) is 3. The molecule has 0 bridgehead atoms. The average Bonchev–Trinajstić information content (AvgIpc) is 2.71. The van der Waals surface area contributed by atoms with Crippen molar-refractivity contribution in [2.45, 2.75) is 19.9 Å². The summed E-state index contributed by atoms with van der Waals surface area (Å²) in [5.74, 6) is 2.15. The summed E-state index contributed by atoms with van der Waals surface area (Å²) in [6.45, 7) is 3.92. The summed E-state index contributed by atoms with van der Waals surface area (Å²) in [5.41, 5.74) is 4.39. The van der Waals surface area contributed by atoms with Gasteiger partial charge in [0.2, 0.25) is 11.8 Å². The second-order valence-electron chi connectivity index (χ2n) is 7.15. The number of nitrogens with one attached hydrogen (secondary N) is 1. The molecular formula is C22H23ClN4O2. The molecule has 1 N–H and O–H groups in total. The maximum absolute atomic E-state index is 6.26. The molecule has 0 saturated carbocycles. The monoisotopic (exact) mass is 410 g/mol. The Kier molecular flexibility index (Phi) is 5.56. The first-order valence-corrected chi connectivity index (χ1v) is 9.82. The van der Waals surface area contributed by atoms with E-state index in [2.05, 4.69) is 39.4 Å². The van der Waals surface area contributed by atoms with E-state index < -0.39 is 0 Å². The molecule has 1 aliphatic heterocycles. The molecule has 0 aliphatic carbocycles. The Balaban J connectivity index is 1.63. The lowest BCUT2D eigenvalue weighted by Gasteiger charge is -2.26. The normalized spacial score (nSPS) is 13.7. The first-order valence-electron chi connectivity index (χ1n) is 9.45. The third kappa shape index (κ3) is 4.28. The molecule has 2 heterocycles. The second kappa shape index (κ2) is 8.27. The smallest absolute Gasteiger partial charge is 0.243 e. The van der Waals surface area contributed by atoms with Gasteiger partial charge in [-0.2, -0.15) is 4.98 Å². The van der Waals surface area contributed by atoms with Gasteiger partial charge in [-0.25, -0.2) is 4.98 Å². The van der Waals surface area contributed by atoms with E-state index in [1.165, 1.54) is 17.3 Å². The molecule has 1 aromatic heterocycles. The summed E-state index contributed by atoms with van der Waals surface area (Å²) in [6.07, 6.45) is 2.54. The van der Waals surface area contributed by atoms with Crippen molar-refractivity contribution in [3.8, 4) is 17.4 Å². The van der Waals surface area contributed by atoms with Gasteiger partial charge in [-0.3, -0.25) is 0 Å². The molecule has 0 fully saturated rings. The average molecular weight is 411 g/mol. The first kappa shape index (κ1) is 19.5. The van der Waals surface area contributed by atoms with E-state index in [1.807, 2.05) is 31.2 Å². The number of methoxy groups -OCH3 is 1. The number of fused-ring (bicyclic) bond motifs is 1. The molecule has 0 atom stereocenters. The summed E-state index contributed by atoms with van der Waals surface area (Å²) in [6, 6.07) is 11.9. The molecule has 0 unspecified atom stereocenters. The highest BCUT2D eigenvalue weighted by Crippen LogP contribution is 2.34. The number of likely N-dealkylation sites (N-methyl/N-ethyl adjacent to an activating group) is 1. The van der Waals surface area contributed by atoms with Gasteiger partial charge in [0.25, 0.3) is 0 Å². The van der Waals surface area contributed by atoms with Crippen LogP contribution < -0.4 is 14.8 Å². The van der Waals surface area contributed by atoms with Gasteiger partial charge in [0, 0.05) is 13.1 Å². The molecule has 2 aromatic carbocycles. The minimum Gasteiger partial charge on any atom is -0.495 e. The van der Waals surface area contributed by atoms with Gasteiger partial charge in [0.05, 0.1) is 19.0 Å². The fraction of sp³-hybridized carbons (Fsp3) is 0.273. The molecule has 6 nitrogen and oxygen atoms in total. The van der Waals surface area contributed by atoms with Gasteiger partial charge in [0.15, 0.2) is 0 Å². The van der Waals surface area contributed by atoms with Gasteiger partial charge in [0.1, 0.15) is 16.5 Å². The summed E-state index contributed by atoms with van der Waals surface area (Å²) >= 11 is 6.26. The number of benzene rings is 2. The van der Waals surface area contributed by atoms with Crippen molar-refractivity contribution in [2.75, 3.05) is 26.0 Å². The number of hydrogen-bond acceptors (Lipinski definition) is 6. The van der Waals surface area contributed by atoms with Crippen molar-refractivity contribution < 1.29 is 9.47 Å². The predicted molar refractivity (Wildman–Crippen MR) is 115 cm³/mol.